The minimum atomic E-state index is -1.00. The Hall–Kier alpha value is -1.99. The molecule has 3 rings (SSSR count). The van der Waals surface area contributed by atoms with Gasteiger partial charge in [-0.3, -0.25) is 4.79 Å². The van der Waals surface area contributed by atoms with Crippen LogP contribution in [0, 0.1) is 5.82 Å². The van der Waals surface area contributed by atoms with Crippen LogP contribution in [0.25, 0.3) is 10.1 Å². The quantitative estimate of drug-likeness (QED) is 0.931. The van der Waals surface area contributed by atoms with Crippen molar-refractivity contribution in [3.05, 3.63) is 34.5 Å². The Labute approximate surface area is 136 Å². The van der Waals surface area contributed by atoms with Crippen LogP contribution < -0.4 is 0 Å². The lowest BCUT2D eigenvalue weighted by atomic mass is 10.1. The minimum absolute atomic E-state index is 0.105. The number of ether oxygens (including phenoxy) is 1. The average Bonchev–Trinajstić information content (AvgIpc) is 3.13. The average molecular weight is 337 g/mol. The molecule has 1 aromatic carbocycles. The van der Waals surface area contributed by atoms with Crippen LogP contribution >= 0.6 is 11.3 Å². The maximum Gasteiger partial charge on any atom is 0.326 e. The lowest BCUT2D eigenvalue weighted by Crippen LogP contribution is -2.40. The standard InChI is InChI=1S/C16H16FNO4S/c1-22-8-9-13-10(17)4-2-6-12(13)23-14(9)15(19)18-7-3-5-11(18)16(20)21/h2,4,6,11H,3,5,7-8H2,1H3,(H,20,21)/t11-/m1/s1. The molecule has 7 heteroatoms. The number of methoxy groups -OCH3 is 1. The highest BCUT2D eigenvalue weighted by atomic mass is 32.1. The van der Waals surface area contributed by atoms with E-state index in [1.807, 2.05) is 0 Å². The highest BCUT2D eigenvalue weighted by Gasteiger charge is 2.36. The molecular weight excluding hydrogens is 321 g/mol. The smallest absolute Gasteiger partial charge is 0.326 e. The Morgan fingerprint density at radius 2 is 2.26 bits per heavy atom. The molecule has 0 bridgehead atoms. The number of carbonyl (C=O) groups is 2. The molecule has 0 aliphatic carbocycles. The van der Waals surface area contributed by atoms with E-state index in [2.05, 4.69) is 0 Å². The molecule has 0 radical (unpaired) electrons. The van der Waals surface area contributed by atoms with E-state index in [0.29, 0.717) is 39.9 Å². The van der Waals surface area contributed by atoms with Crippen LogP contribution in [-0.4, -0.2) is 41.6 Å². The van der Waals surface area contributed by atoms with E-state index in [9.17, 15) is 19.1 Å². The molecule has 1 saturated heterocycles. The van der Waals surface area contributed by atoms with Gasteiger partial charge in [0, 0.05) is 29.3 Å². The summed E-state index contributed by atoms with van der Waals surface area (Å²) in [6.07, 6.45) is 1.10. The van der Waals surface area contributed by atoms with Crippen LogP contribution in [0.4, 0.5) is 4.39 Å². The highest BCUT2D eigenvalue weighted by molar-refractivity contribution is 7.21. The maximum atomic E-state index is 14.2. The summed E-state index contributed by atoms with van der Waals surface area (Å²) in [5, 5.41) is 9.64. The van der Waals surface area contributed by atoms with Gasteiger partial charge in [0.2, 0.25) is 0 Å². The fourth-order valence-electron chi connectivity index (χ4n) is 3.02. The van der Waals surface area contributed by atoms with Gasteiger partial charge in [0.1, 0.15) is 11.9 Å². The first-order valence-electron chi connectivity index (χ1n) is 7.27. The van der Waals surface area contributed by atoms with Crippen LogP contribution in [0.15, 0.2) is 18.2 Å². The Bertz CT molecular complexity index is 773. The molecule has 0 saturated carbocycles. The number of nitrogens with zero attached hydrogens (tertiary/aromatic N) is 1. The van der Waals surface area contributed by atoms with E-state index >= 15 is 0 Å². The van der Waals surface area contributed by atoms with Crippen molar-refractivity contribution < 1.29 is 23.8 Å². The van der Waals surface area contributed by atoms with Crippen LogP contribution in [0.1, 0.15) is 28.1 Å². The Morgan fingerprint density at radius 1 is 1.48 bits per heavy atom. The number of halogens is 1. The number of carboxylic acid groups (broad SMARTS) is 1. The third-order valence-corrected chi connectivity index (χ3v) is 5.23. The van der Waals surface area contributed by atoms with E-state index in [1.54, 1.807) is 12.1 Å². The summed E-state index contributed by atoms with van der Waals surface area (Å²) >= 11 is 1.18. The highest BCUT2D eigenvalue weighted by Crippen LogP contribution is 2.35. The zero-order chi connectivity index (χ0) is 16.6. The van der Waals surface area contributed by atoms with E-state index in [1.165, 1.54) is 29.4 Å². The predicted octanol–water partition coefficient (Wildman–Crippen LogP) is 2.88. The largest absolute Gasteiger partial charge is 0.480 e. The van der Waals surface area contributed by atoms with Gasteiger partial charge >= 0.3 is 5.97 Å². The number of aliphatic carboxylic acids is 1. The number of thiophene rings is 1. The number of carbonyl (C=O) groups excluding carboxylic acids is 1. The van der Waals surface area contributed by atoms with Crippen molar-refractivity contribution in [3.63, 3.8) is 0 Å². The van der Waals surface area contributed by atoms with Gasteiger partial charge in [0.15, 0.2) is 0 Å². The van der Waals surface area contributed by atoms with Crippen molar-refractivity contribution in [2.75, 3.05) is 13.7 Å². The molecule has 1 aliphatic rings. The zero-order valence-corrected chi connectivity index (χ0v) is 13.4. The summed E-state index contributed by atoms with van der Waals surface area (Å²) in [4.78, 5) is 25.9. The van der Waals surface area contributed by atoms with Gasteiger partial charge < -0.3 is 14.7 Å². The first-order chi connectivity index (χ1) is 11.0. The van der Waals surface area contributed by atoms with Crippen LogP contribution in [-0.2, 0) is 16.1 Å². The molecule has 1 N–H and O–H groups in total. The number of rotatable bonds is 4. The molecule has 1 amide bonds. The molecule has 1 atom stereocenters. The maximum absolute atomic E-state index is 14.2. The van der Waals surface area contributed by atoms with Gasteiger partial charge in [-0.05, 0) is 25.0 Å². The summed E-state index contributed by atoms with van der Waals surface area (Å²) < 4.78 is 19.9. The fraction of sp³-hybridized carbons (Fsp3) is 0.375. The van der Waals surface area contributed by atoms with E-state index in [0.717, 1.165) is 0 Å². The Kier molecular flexibility index (Phi) is 4.32. The summed E-state index contributed by atoms with van der Waals surface area (Å²) in [6, 6.07) is 3.87. The van der Waals surface area contributed by atoms with Gasteiger partial charge in [-0.2, -0.15) is 0 Å². The minimum Gasteiger partial charge on any atom is -0.480 e. The molecular formula is C16H16FNO4S. The predicted molar refractivity (Wildman–Crippen MR) is 84.2 cm³/mol. The van der Waals surface area contributed by atoms with E-state index in [-0.39, 0.29) is 12.5 Å². The number of carboxylic acids is 1. The molecule has 0 spiro atoms. The first kappa shape index (κ1) is 15.9. The lowest BCUT2D eigenvalue weighted by molar-refractivity contribution is -0.141. The Balaban J connectivity index is 2.08. The van der Waals surface area contributed by atoms with Gasteiger partial charge in [-0.1, -0.05) is 6.07 Å². The number of benzene rings is 1. The zero-order valence-electron chi connectivity index (χ0n) is 12.5. The summed E-state index contributed by atoms with van der Waals surface area (Å²) in [6.45, 7) is 0.506. The molecule has 0 unspecified atom stereocenters. The van der Waals surface area contributed by atoms with Crippen LogP contribution in [0.3, 0.4) is 0 Å². The van der Waals surface area contributed by atoms with Crippen molar-refractivity contribution in [2.45, 2.75) is 25.5 Å². The number of likely N-dealkylation sites (tertiary alicyclic amines) is 1. The molecule has 23 heavy (non-hydrogen) atoms. The molecule has 122 valence electrons. The van der Waals surface area contributed by atoms with Gasteiger partial charge in [-0.25, -0.2) is 9.18 Å². The van der Waals surface area contributed by atoms with Crippen molar-refractivity contribution in [2.24, 2.45) is 0 Å². The number of amides is 1. The van der Waals surface area contributed by atoms with Crippen LogP contribution in [0.5, 0.6) is 0 Å². The number of fused-ring (bicyclic) bond motifs is 1. The second kappa shape index (κ2) is 6.25. The van der Waals surface area contributed by atoms with Crippen molar-refractivity contribution in [3.8, 4) is 0 Å². The van der Waals surface area contributed by atoms with Crippen LogP contribution in [0.2, 0.25) is 0 Å². The Morgan fingerprint density at radius 3 is 2.96 bits per heavy atom. The second-order valence-electron chi connectivity index (χ2n) is 5.45. The molecule has 2 aromatic rings. The second-order valence-corrected chi connectivity index (χ2v) is 6.50. The third-order valence-electron chi connectivity index (χ3n) is 4.04. The normalized spacial score (nSPS) is 17.8. The molecule has 2 heterocycles. The molecule has 1 aromatic heterocycles. The molecule has 1 fully saturated rings. The molecule has 1 aliphatic heterocycles. The fourth-order valence-corrected chi connectivity index (χ4v) is 4.20. The van der Waals surface area contributed by atoms with E-state index < -0.39 is 17.8 Å². The third kappa shape index (κ3) is 2.70. The summed E-state index contributed by atoms with van der Waals surface area (Å²) in [7, 11) is 1.48. The number of hydrogen-bond donors (Lipinski definition) is 1. The monoisotopic (exact) mass is 337 g/mol. The van der Waals surface area contributed by atoms with Gasteiger partial charge in [0.05, 0.1) is 11.5 Å². The SMILES string of the molecule is COCc1c(C(=O)N2CCC[C@@H]2C(=O)O)sc2cccc(F)c12. The summed E-state index contributed by atoms with van der Waals surface area (Å²) in [5.74, 6) is -1.76. The van der Waals surface area contributed by atoms with Crippen molar-refractivity contribution in [1.29, 1.82) is 0 Å². The van der Waals surface area contributed by atoms with Crippen molar-refractivity contribution >= 4 is 33.3 Å². The first-order valence-corrected chi connectivity index (χ1v) is 8.09. The number of hydrogen-bond acceptors (Lipinski definition) is 4. The lowest BCUT2D eigenvalue weighted by Gasteiger charge is -2.21. The molecule has 5 nitrogen and oxygen atoms in total. The summed E-state index contributed by atoms with van der Waals surface area (Å²) in [5.41, 5.74) is 0.492. The van der Waals surface area contributed by atoms with Crippen molar-refractivity contribution in [1.82, 2.24) is 4.90 Å². The topological polar surface area (TPSA) is 66.8 Å². The van der Waals surface area contributed by atoms with E-state index in [4.69, 9.17) is 4.74 Å². The van der Waals surface area contributed by atoms with Gasteiger partial charge in [0.25, 0.3) is 5.91 Å². The van der Waals surface area contributed by atoms with Gasteiger partial charge in [-0.15, -0.1) is 11.3 Å².